The van der Waals surface area contributed by atoms with Gasteiger partial charge in [0.1, 0.15) is 5.82 Å². The number of hydrogen-bond donors (Lipinski definition) is 0. The van der Waals surface area contributed by atoms with Gasteiger partial charge in [-0.3, -0.25) is 9.36 Å². The standard InChI is InChI=1S/C26H24N2O/c1-18(2)21-13-10-20(11-14-21)12-17-25-27-24-7-5-4-6-23(24)26(29)28(25)22-15-8-19(3)9-16-22/h4-18H,1-3H3/b17-12+. The van der Waals surface area contributed by atoms with Crippen molar-refractivity contribution < 1.29 is 0 Å². The molecule has 0 fully saturated rings. The van der Waals surface area contributed by atoms with E-state index in [0.717, 1.165) is 16.8 Å². The Bertz CT molecular complexity index is 1230. The molecule has 0 atom stereocenters. The Hall–Kier alpha value is -3.46. The second-order valence-corrected chi connectivity index (χ2v) is 7.62. The van der Waals surface area contributed by atoms with Gasteiger partial charge in [-0.05, 0) is 54.3 Å². The van der Waals surface area contributed by atoms with E-state index < -0.39 is 0 Å². The summed E-state index contributed by atoms with van der Waals surface area (Å²) < 4.78 is 1.68. The van der Waals surface area contributed by atoms with E-state index in [2.05, 4.69) is 38.1 Å². The Morgan fingerprint density at radius 1 is 0.862 bits per heavy atom. The smallest absolute Gasteiger partial charge is 0.266 e. The highest BCUT2D eigenvalue weighted by atomic mass is 16.1. The zero-order valence-electron chi connectivity index (χ0n) is 17.0. The number of benzene rings is 3. The Morgan fingerprint density at radius 3 is 2.24 bits per heavy atom. The van der Waals surface area contributed by atoms with Crippen LogP contribution in [0.5, 0.6) is 0 Å². The topological polar surface area (TPSA) is 34.9 Å². The van der Waals surface area contributed by atoms with Crippen LogP contribution in [0, 0.1) is 6.92 Å². The lowest BCUT2D eigenvalue weighted by Gasteiger charge is -2.12. The van der Waals surface area contributed by atoms with Gasteiger partial charge in [-0.2, -0.15) is 0 Å². The summed E-state index contributed by atoms with van der Waals surface area (Å²) in [6, 6.07) is 23.9. The third-order valence-corrected chi connectivity index (χ3v) is 5.12. The molecule has 3 heteroatoms. The molecule has 29 heavy (non-hydrogen) atoms. The second kappa shape index (κ2) is 7.88. The highest BCUT2D eigenvalue weighted by molar-refractivity contribution is 5.80. The van der Waals surface area contributed by atoms with E-state index >= 15 is 0 Å². The molecule has 0 radical (unpaired) electrons. The molecule has 0 amide bonds. The average molecular weight is 380 g/mol. The Labute approximate surface area is 171 Å². The van der Waals surface area contributed by atoms with Crippen LogP contribution in [0.15, 0.2) is 77.6 Å². The third kappa shape index (κ3) is 3.90. The van der Waals surface area contributed by atoms with Crippen LogP contribution in [0.1, 0.15) is 42.3 Å². The molecule has 0 saturated heterocycles. The summed E-state index contributed by atoms with van der Waals surface area (Å²) in [5.74, 6) is 1.12. The van der Waals surface area contributed by atoms with Gasteiger partial charge in [0.2, 0.25) is 0 Å². The SMILES string of the molecule is Cc1ccc(-n2c(/C=C/c3ccc(C(C)C)cc3)nc3ccccc3c2=O)cc1. The molecule has 0 unspecified atom stereocenters. The number of nitrogens with zero attached hydrogens (tertiary/aromatic N) is 2. The van der Waals surface area contributed by atoms with Crippen LogP contribution in [0.3, 0.4) is 0 Å². The maximum absolute atomic E-state index is 13.3. The summed E-state index contributed by atoms with van der Waals surface area (Å²) in [5, 5.41) is 0.617. The average Bonchev–Trinajstić information content (AvgIpc) is 2.73. The summed E-state index contributed by atoms with van der Waals surface area (Å²) in [4.78, 5) is 18.0. The predicted octanol–water partition coefficient (Wildman–Crippen LogP) is 5.99. The van der Waals surface area contributed by atoms with Crippen molar-refractivity contribution in [1.29, 1.82) is 0 Å². The lowest BCUT2D eigenvalue weighted by molar-refractivity contribution is 0.866. The van der Waals surface area contributed by atoms with Gasteiger partial charge in [0, 0.05) is 0 Å². The van der Waals surface area contributed by atoms with Gasteiger partial charge in [-0.25, -0.2) is 4.98 Å². The summed E-state index contributed by atoms with van der Waals surface area (Å²) in [6.45, 7) is 6.40. The molecule has 1 heterocycles. The van der Waals surface area contributed by atoms with Crippen LogP contribution in [0.25, 0.3) is 28.7 Å². The molecule has 3 aromatic carbocycles. The minimum atomic E-state index is -0.0609. The first-order valence-electron chi connectivity index (χ1n) is 9.90. The summed E-state index contributed by atoms with van der Waals surface area (Å²) in [7, 11) is 0. The van der Waals surface area contributed by atoms with Crippen molar-refractivity contribution in [3.63, 3.8) is 0 Å². The molecule has 4 rings (SSSR count). The number of aryl methyl sites for hydroxylation is 1. The van der Waals surface area contributed by atoms with E-state index in [4.69, 9.17) is 4.98 Å². The number of rotatable bonds is 4. The molecule has 0 aliphatic carbocycles. The molecule has 0 spiro atoms. The molecule has 0 N–H and O–H groups in total. The van der Waals surface area contributed by atoms with Gasteiger partial charge < -0.3 is 0 Å². The predicted molar refractivity (Wildman–Crippen MR) is 122 cm³/mol. The quantitative estimate of drug-likeness (QED) is 0.436. The minimum Gasteiger partial charge on any atom is -0.268 e. The third-order valence-electron chi connectivity index (χ3n) is 5.12. The van der Waals surface area contributed by atoms with E-state index in [1.54, 1.807) is 4.57 Å². The summed E-state index contributed by atoms with van der Waals surface area (Å²) in [6.07, 6.45) is 3.92. The number of fused-ring (bicyclic) bond motifs is 1. The van der Waals surface area contributed by atoms with Gasteiger partial charge in [-0.1, -0.05) is 74.0 Å². The van der Waals surface area contributed by atoms with Gasteiger partial charge in [0.05, 0.1) is 16.6 Å². The van der Waals surface area contributed by atoms with Crippen molar-refractivity contribution >= 4 is 23.1 Å². The largest absolute Gasteiger partial charge is 0.268 e. The molecule has 0 aliphatic heterocycles. The zero-order valence-corrected chi connectivity index (χ0v) is 17.0. The highest BCUT2D eigenvalue weighted by Crippen LogP contribution is 2.18. The molecular formula is C26H24N2O. The number of aromatic nitrogens is 2. The van der Waals surface area contributed by atoms with Crippen LogP contribution in [-0.4, -0.2) is 9.55 Å². The monoisotopic (exact) mass is 380 g/mol. The fourth-order valence-corrected chi connectivity index (χ4v) is 3.37. The first kappa shape index (κ1) is 18.9. The molecule has 3 nitrogen and oxygen atoms in total. The summed E-state index contributed by atoms with van der Waals surface area (Å²) >= 11 is 0. The fraction of sp³-hybridized carbons (Fsp3) is 0.154. The first-order chi connectivity index (χ1) is 14.0. The Balaban J connectivity index is 1.85. The first-order valence-corrected chi connectivity index (χ1v) is 9.90. The molecule has 0 saturated carbocycles. The van der Waals surface area contributed by atoms with Crippen LogP contribution < -0.4 is 5.56 Å². The lowest BCUT2D eigenvalue weighted by Crippen LogP contribution is -2.22. The van der Waals surface area contributed by atoms with Crippen molar-refractivity contribution in [3.8, 4) is 5.69 Å². The van der Waals surface area contributed by atoms with Gasteiger partial charge >= 0.3 is 0 Å². The van der Waals surface area contributed by atoms with Crippen molar-refractivity contribution in [3.05, 3.63) is 106 Å². The highest BCUT2D eigenvalue weighted by Gasteiger charge is 2.10. The van der Waals surface area contributed by atoms with Crippen LogP contribution in [0.4, 0.5) is 0 Å². The normalized spacial score (nSPS) is 11.6. The van der Waals surface area contributed by atoms with Crippen molar-refractivity contribution in [2.45, 2.75) is 26.7 Å². The molecule has 144 valence electrons. The zero-order chi connectivity index (χ0) is 20.4. The van der Waals surface area contributed by atoms with Crippen molar-refractivity contribution in [2.75, 3.05) is 0 Å². The van der Waals surface area contributed by atoms with Crippen LogP contribution in [0.2, 0.25) is 0 Å². The molecule has 1 aromatic heterocycles. The minimum absolute atomic E-state index is 0.0609. The lowest BCUT2D eigenvalue weighted by atomic mass is 10.0. The molecule has 4 aromatic rings. The number of para-hydroxylation sites is 1. The van der Waals surface area contributed by atoms with E-state index in [1.165, 1.54) is 5.56 Å². The van der Waals surface area contributed by atoms with Gasteiger partial charge in [-0.15, -0.1) is 0 Å². The van der Waals surface area contributed by atoms with E-state index in [1.807, 2.05) is 67.6 Å². The van der Waals surface area contributed by atoms with Crippen LogP contribution >= 0.6 is 0 Å². The van der Waals surface area contributed by atoms with Gasteiger partial charge in [0.25, 0.3) is 5.56 Å². The number of hydrogen-bond acceptors (Lipinski definition) is 2. The molecule has 0 aliphatic rings. The maximum Gasteiger partial charge on any atom is 0.266 e. The molecule has 0 bridgehead atoms. The van der Waals surface area contributed by atoms with Crippen molar-refractivity contribution in [2.24, 2.45) is 0 Å². The van der Waals surface area contributed by atoms with Crippen molar-refractivity contribution in [1.82, 2.24) is 9.55 Å². The van der Waals surface area contributed by atoms with Crippen LogP contribution in [-0.2, 0) is 0 Å². The fourth-order valence-electron chi connectivity index (χ4n) is 3.37. The Morgan fingerprint density at radius 2 is 1.55 bits per heavy atom. The summed E-state index contributed by atoms with van der Waals surface area (Å²) in [5.41, 5.74) is 4.99. The molecular weight excluding hydrogens is 356 g/mol. The Kier molecular flexibility index (Phi) is 5.13. The van der Waals surface area contributed by atoms with Gasteiger partial charge in [0.15, 0.2) is 0 Å². The second-order valence-electron chi connectivity index (χ2n) is 7.62. The van der Waals surface area contributed by atoms with E-state index in [9.17, 15) is 4.79 Å². The van der Waals surface area contributed by atoms with E-state index in [-0.39, 0.29) is 5.56 Å². The van der Waals surface area contributed by atoms with E-state index in [0.29, 0.717) is 22.6 Å². The maximum atomic E-state index is 13.3.